The van der Waals surface area contributed by atoms with Crippen LogP contribution in [0.3, 0.4) is 0 Å². The molecule has 1 amide bonds. The lowest BCUT2D eigenvalue weighted by Crippen LogP contribution is -2.28. The molecular formula is C18H17NO2S2. The Labute approximate surface area is 143 Å². The van der Waals surface area contributed by atoms with Gasteiger partial charge in [0.15, 0.2) is 0 Å². The molecule has 0 fully saturated rings. The van der Waals surface area contributed by atoms with Crippen LogP contribution in [0.25, 0.3) is 10.4 Å². The minimum absolute atomic E-state index is 0.156. The van der Waals surface area contributed by atoms with Gasteiger partial charge in [0.05, 0.1) is 0 Å². The standard InChI is InChI=1S/C18H17NO2S2/c1-12-4-2-3-5-14(12)18(21)19-10-15(20)17-7-6-16(23-17)13-8-9-22-11-13/h2-9,11,15,20H,10H2,1H3,(H,19,21). The molecule has 3 aromatic rings. The van der Waals surface area contributed by atoms with E-state index in [9.17, 15) is 9.90 Å². The van der Waals surface area contributed by atoms with Crippen molar-refractivity contribution in [1.29, 1.82) is 0 Å². The molecule has 1 aromatic carbocycles. The van der Waals surface area contributed by atoms with Gasteiger partial charge in [-0.05, 0) is 47.5 Å². The SMILES string of the molecule is Cc1ccccc1C(=O)NCC(O)c1ccc(-c2ccsc2)s1. The van der Waals surface area contributed by atoms with Crippen LogP contribution in [-0.4, -0.2) is 17.6 Å². The molecule has 1 unspecified atom stereocenters. The monoisotopic (exact) mass is 343 g/mol. The van der Waals surface area contributed by atoms with Gasteiger partial charge in [0.1, 0.15) is 6.10 Å². The summed E-state index contributed by atoms with van der Waals surface area (Å²) in [7, 11) is 0. The lowest BCUT2D eigenvalue weighted by Gasteiger charge is -2.11. The Morgan fingerprint density at radius 1 is 1.22 bits per heavy atom. The number of aliphatic hydroxyl groups excluding tert-OH is 1. The van der Waals surface area contributed by atoms with E-state index in [4.69, 9.17) is 0 Å². The summed E-state index contributed by atoms with van der Waals surface area (Å²) in [6.45, 7) is 2.11. The first-order valence-corrected chi connectivity index (χ1v) is 9.05. The van der Waals surface area contributed by atoms with Gasteiger partial charge in [-0.1, -0.05) is 18.2 Å². The van der Waals surface area contributed by atoms with Gasteiger partial charge in [-0.15, -0.1) is 11.3 Å². The summed E-state index contributed by atoms with van der Waals surface area (Å²) in [6.07, 6.45) is -0.694. The summed E-state index contributed by atoms with van der Waals surface area (Å²) >= 11 is 3.21. The zero-order valence-electron chi connectivity index (χ0n) is 12.7. The highest BCUT2D eigenvalue weighted by Gasteiger charge is 2.14. The summed E-state index contributed by atoms with van der Waals surface area (Å²) < 4.78 is 0. The van der Waals surface area contributed by atoms with Crippen molar-refractivity contribution in [3.63, 3.8) is 0 Å². The number of carbonyl (C=O) groups is 1. The molecule has 2 N–H and O–H groups in total. The number of rotatable bonds is 5. The van der Waals surface area contributed by atoms with Gasteiger partial charge >= 0.3 is 0 Å². The molecule has 118 valence electrons. The van der Waals surface area contributed by atoms with E-state index in [1.54, 1.807) is 28.7 Å². The van der Waals surface area contributed by atoms with E-state index in [1.807, 2.05) is 42.6 Å². The molecule has 2 aromatic heterocycles. The van der Waals surface area contributed by atoms with Gasteiger partial charge < -0.3 is 10.4 Å². The smallest absolute Gasteiger partial charge is 0.251 e. The second-order valence-electron chi connectivity index (χ2n) is 5.25. The number of benzene rings is 1. The fourth-order valence-electron chi connectivity index (χ4n) is 2.30. The van der Waals surface area contributed by atoms with E-state index in [0.29, 0.717) is 5.56 Å². The number of thiophene rings is 2. The Hall–Kier alpha value is -1.95. The number of hydrogen-bond acceptors (Lipinski definition) is 4. The maximum Gasteiger partial charge on any atom is 0.251 e. The van der Waals surface area contributed by atoms with Crippen molar-refractivity contribution < 1.29 is 9.90 Å². The van der Waals surface area contributed by atoms with Crippen molar-refractivity contribution in [3.8, 4) is 10.4 Å². The molecular weight excluding hydrogens is 326 g/mol. The molecule has 0 saturated heterocycles. The number of hydrogen-bond donors (Lipinski definition) is 2. The van der Waals surface area contributed by atoms with Crippen LogP contribution in [0.5, 0.6) is 0 Å². The molecule has 0 aliphatic carbocycles. The molecule has 1 atom stereocenters. The van der Waals surface area contributed by atoms with Crippen LogP contribution >= 0.6 is 22.7 Å². The number of amides is 1. The summed E-state index contributed by atoms with van der Waals surface area (Å²) in [5.74, 6) is -0.156. The molecule has 3 rings (SSSR count). The van der Waals surface area contributed by atoms with Crippen LogP contribution in [0.15, 0.2) is 53.2 Å². The van der Waals surface area contributed by atoms with E-state index in [-0.39, 0.29) is 12.5 Å². The molecule has 2 heterocycles. The Kier molecular flexibility index (Phi) is 4.91. The highest BCUT2D eigenvalue weighted by Crippen LogP contribution is 2.32. The third kappa shape index (κ3) is 3.69. The Balaban J connectivity index is 1.62. The first-order chi connectivity index (χ1) is 11.1. The molecule has 23 heavy (non-hydrogen) atoms. The van der Waals surface area contributed by atoms with E-state index in [0.717, 1.165) is 15.3 Å². The fraction of sp³-hybridized carbons (Fsp3) is 0.167. The molecule has 0 bridgehead atoms. The van der Waals surface area contributed by atoms with Crippen molar-refractivity contribution in [2.75, 3.05) is 6.54 Å². The minimum atomic E-state index is -0.694. The third-order valence-electron chi connectivity index (χ3n) is 3.61. The predicted octanol–water partition coefficient (Wildman–Crippen LogP) is 4.25. The van der Waals surface area contributed by atoms with Crippen LogP contribution in [0.2, 0.25) is 0 Å². The first-order valence-electron chi connectivity index (χ1n) is 7.29. The second-order valence-corrected chi connectivity index (χ2v) is 7.15. The lowest BCUT2D eigenvalue weighted by atomic mass is 10.1. The normalized spacial score (nSPS) is 12.1. The number of aliphatic hydroxyl groups is 1. The van der Waals surface area contributed by atoms with E-state index < -0.39 is 6.10 Å². The topological polar surface area (TPSA) is 49.3 Å². The molecule has 0 saturated carbocycles. The van der Waals surface area contributed by atoms with Crippen LogP contribution in [0.1, 0.15) is 26.9 Å². The van der Waals surface area contributed by atoms with Crippen molar-refractivity contribution in [2.24, 2.45) is 0 Å². The Morgan fingerprint density at radius 2 is 2.04 bits per heavy atom. The highest BCUT2D eigenvalue weighted by atomic mass is 32.1. The van der Waals surface area contributed by atoms with E-state index in [2.05, 4.69) is 16.8 Å². The minimum Gasteiger partial charge on any atom is -0.386 e. The summed E-state index contributed by atoms with van der Waals surface area (Å²) in [4.78, 5) is 14.2. The Morgan fingerprint density at radius 3 is 2.78 bits per heavy atom. The average molecular weight is 343 g/mol. The van der Waals surface area contributed by atoms with Crippen molar-refractivity contribution in [1.82, 2.24) is 5.32 Å². The van der Waals surface area contributed by atoms with E-state index >= 15 is 0 Å². The van der Waals surface area contributed by atoms with Crippen LogP contribution < -0.4 is 5.32 Å². The maximum absolute atomic E-state index is 12.2. The van der Waals surface area contributed by atoms with Gasteiger partial charge in [0.2, 0.25) is 0 Å². The zero-order chi connectivity index (χ0) is 16.2. The largest absolute Gasteiger partial charge is 0.386 e. The predicted molar refractivity (Wildman–Crippen MR) is 96.1 cm³/mol. The molecule has 0 spiro atoms. The second kappa shape index (κ2) is 7.08. The third-order valence-corrected chi connectivity index (χ3v) is 5.53. The molecule has 0 aliphatic rings. The average Bonchev–Trinajstić information content (AvgIpc) is 3.23. The zero-order valence-corrected chi connectivity index (χ0v) is 14.3. The van der Waals surface area contributed by atoms with Crippen molar-refractivity contribution in [2.45, 2.75) is 13.0 Å². The first kappa shape index (κ1) is 15.9. The van der Waals surface area contributed by atoms with E-state index in [1.165, 1.54) is 5.56 Å². The maximum atomic E-state index is 12.2. The fourth-order valence-corrected chi connectivity index (χ4v) is 4.03. The molecule has 0 radical (unpaired) electrons. The Bertz CT molecular complexity index is 793. The van der Waals surface area contributed by atoms with Gasteiger partial charge in [-0.3, -0.25) is 4.79 Å². The molecule has 0 aliphatic heterocycles. The lowest BCUT2D eigenvalue weighted by molar-refractivity contribution is 0.0917. The van der Waals surface area contributed by atoms with Crippen LogP contribution in [0, 0.1) is 6.92 Å². The van der Waals surface area contributed by atoms with Crippen molar-refractivity contribution in [3.05, 3.63) is 69.2 Å². The summed E-state index contributed by atoms with van der Waals surface area (Å²) in [6, 6.07) is 13.4. The van der Waals surface area contributed by atoms with Gasteiger partial charge in [0.25, 0.3) is 5.91 Å². The number of carbonyl (C=O) groups excluding carboxylic acids is 1. The highest BCUT2D eigenvalue weighted by molar-refractivity contribution is 7.16. The summed E-state index contributed by atoms with van der Waals surface area (Å²) in [5.41, 5.74) is 2.74. The van der Waals surface area contributed by atoms with Gasteiger partial charge in [-0.2, -0.15) is 11.3 Å². The van der Waals surface area contributed by atoms with Crippen LogP contribution in [-0.2, 0) is 0 Å². The quantitative estimate of drug-likeness (QED) is 0.728. The van der Waals surface area contributed by atoms with Crippen molar-refractivity contribution >= 4 is 28.6 Å². The number of nitrogens with one attached hydrogen (secondary N) is 1. The molecule has 5 heteroatoms. The van der Waals surface area contributed by atoms with Gasteiger partial charge in [-0.25, -0.2) is 0 Å². The summed E-state index contributed by atoms with van der Waals surface area (Å²) in [5, 5.41) is 17.2. The van der Waals surface area contributed by atoms with Gasteiger partial charge in [0, 0.05) is 27.4 Å². The number of aryl methyl sites for hydroxylation is 1. The molecule has 3 nitrogen and oxygen atoms in total. The van der Waals surface area contributed by atoms with Crippen LogP contribution in [0.4, 0.5) is 0 Å².